The molecule has 3 rings (SSSR count). The standard InChI is InChI=1S/C14H14N4O2S2/c1-2-15-13-16-17-14(22-13)21-8-7-18-11(19)9-5-3-4-6-10(9)12(18)20/h3-6H,2,7-8H2,1H3,(H,15,16). The molecule has 0 saturated carbocycles. The van der Waals surface area contributed by atoms with Crippen LogP contribution in [-0.4, -0.2) is 45.8 Å². The van der Waals surface area contributed by atoms with Crippen LogP contribution in [0.2, 0.25) is 0 Å². The number of nitrogens with one attached hydrogen (secondary N) is 1. The Morgan fingerprint density at radius 2 is 1.86 bits per heavy atom. The van der Waals surface area contributed by atoms with Crippen LogP contribution in [0.4, 0.5) is 5.13 Å². The van der Waals surface area contributed by atoms with E-state index in [0.29, 0.717) is 23.4 Å². The number of carbonyl (C=O) groups excluding carboxylic acids is 2. The maximum Gasteiger partial charge on any atom is 0.261 e. The fourth-order valence-corrected chi connectivity index (χ4v) is 3.97. The normalized spacial score (nSPS) is 13.6. The van der Waals surface area contributed by atoms with Crippen molar-refractivity contribution in [1.82, 2.24) is 15.1 Å². The van der Waals surface area contributed by atoms with Gasteiger partial charge in [-0.1, -0.05) is 35.2 Å². The van der Waals surface area contributed by atoms with Crippen molar-refractivity contribution in [2.45, 2.75) is 11.3 Å². The van der Waals surface area contributed by atoms with Gasteiger partial charge in [0, 0.05) is 18.8 Å². The van der Waals surface area contributed by atoms with Crippen molar-refractivity contribution in [3.8, 4) is 0 Å². The molecule has 0 saturated heterocycles. The highest BCUT2D eigenvalue weighted by atomic mass is 32.2. The quantitative estimate of drug-likeness (QED) is 0.646. The minimum Gasteiger partial charge on any atom is -0.360 e. The monoisotopic (exact) mass is 334 g/mol. The van der Waals surface area contributed by atoms with Crippen LogP contribution in [0.5, 0.6) is 0 Å². The average Bonchev–Trinajstić information content (AvgIpc) is 3.07. The Labute approximate surface area is 135 Å². The van der Waals surface area contributed by atoms with E-state index in [0.717, 1.165) is 16.0 Å². The summed E-state index contributed by atoms with van der Waals surface area (Å²) in [6, 6.07) is 6.92. The average molecular weight is 334 g/mol. The minimum atomic E-state index is -0.216. The van der Waals surface area contributed by atoms with Crippen LogP contribution < -0.4 is 5.32 Å². The van der Waals surface area contributed by atoms with E-state index in [1.807, 2.05) is 6.92 Å². The zero-order valence-corrected chi connectivity index (χ0v) is 13.5. The number of hydrogen-bond donors (Lipinski definition) is 1. The molecule has 114 valence electrons. The molecule has 0 bridgehead atoms. The number of hydrogen-bond acceptors (Lipinski definition) is 7. The summed E-state index contributed by atoms with van der Waals surface area (Å²) in [5.74, 6) is 0.172. The van der Waals surface area contributed by atoms with E-state index in [2.05, 4.69) is 15.5 Å². The first kappa shape index (κ1) is 15.0. The summed E-state index contributed by atoms with van der Waals surface area (Å²) in [6.45, 7) is 3.16. The van der Waals surface area contributed by atoms with Crippen LogP contribution in [0.1, 0.15) is 27.6 Å². The number of imide groups is 1. The Balaban J connectivity index is 1.58. The van der Waals surface area contributed by atoms with Gasteiger partial charge in [0.15, 0.2) is 4.34 Å². The number of rotatable bonds is 6. The summed E-state index contributed by atoms with van der Waals surface area (Å²) >= 11 is 2.97. The maximum absolute atomic E-state index is 12.2. The molecule has 0 atom stereocenters. The third-order valence-electron chi connectivity index (χ3n) is 3.15. The maximum atomic E-state index is 12.2. The van der Waals surface area contributed by atoms with Gasteiger partial charge in [0.2, 0.25) is 5.13 Å². The van der Waals surface area contributed by atoms with Crippen molar-refractivity contribution >= 4 is 40.0 Å². The highest BCUT2D eigenvalue weighted by molar-refractivity contribution is 8.01. The van der Waals surface area contributed by atoms with Gasteiger partial charge in [-0.25, -0.2) is 0 Å². The molecule has 0 fully saturated rings. The number of anilines is 1. The Morgan fingerprint density at radius 3 is 2.50 bits per heavy atom. The van der Waals surface area contributed by atoms with Crippen LogP contribution in [0.25, 0.3) is 0 Å². The molecule has 0 unspecified atom stereocenters. The molecule has 0 aliphatic carbocycles. The Morgan fingerprint density at radius 1 is 1.18 bits per heavy atom. The van der Waals surface area contributed by atoms with E-state index >= 15 is 0 Å². The van der Waals surface area contributed by atoms with Gasteiger partial charge in [-0.3, -0.25) is 14.5 Å². The lowest BCUT2D eigenvalue weighted by Crippen LogP contribution is -2.31. The molecule has 1 N–H and O–H groups in total. The summed E-state index contributed by atoms with van der Waals surface area (Å²) in [5.41, 5.74) is 0.977. The Bertz CT molecular complexity index is 681. The molecule has 2 amide bonds. The molecule has 2 heterocycles. The van der Waals surface area contributed by atoms with Crippen molar-refractivity contribution in [1.29, 1.82) is 0 Å². The molecule has 8 heteroatoms. The molecular formula is C14H14N4O2S2. The Kier molecular flexibility index (Phi) is 4.39. The van der Waals surface area contributed by atoms with Gasteiger partial charge in [0.25, 0.3) is 11.8 Å². The number of benzene rings is 1. The molecule has 1 aliphatic heterocycles. The van der Waals surface area contributed by atoms with E-state index < -0.39 is 0 Å². The van der Waals surface area contributed by atoms with E-state index in [1.54, 1.807) is 24.3 Å². The molecule has 2 aromatic rings. The van der Waals surface area contributed by atoms with Gasteiger partial charge in [-0.15, -0.1) is 10.2 Å². The molecule has 1 aromatic carbocycles. The topological polar surface area (TPSA) is 75.2 Å². The lowest BCUT2D eigenvalue weighted by molar-refractivity contribution is 0.0664. The van der Waals surface area contributed by atoms with Gasteiger partial charge in [0.1, 0.15) is 0 Å². The van der Waals surface area contributed by atoms with Crippen LogP contribution in [0, 0.1) is 0 Å². The predicted octanol–water partition coefficient (Wildman–Crippen LogP) is 2.36. The van der Waals surface area contributed by atoms with Crippen molar-refractivity contribution in [3.63, 3.8) is 0 Å². The first-order valence-electron chi connectivity index (χ1n) is 6.86. The summed E-state index contributed by atoms with van der Waals surface area (Å²) in [7, 11) is 0. The number of nitrogens with zero attached hydrogens (tertiary/aromatic N) is 3. The number of carbonyl (C=O) groups is 2. The second-order valence-corrected chi connectivity index (χ2v) is 6.88. The van der Waals surface area contributed by atoms with E-state index in [1.165, 1.54) is 28.0 Å². The zero-order valence-electron chi connectivity index (χ0n) is 11.9. The van der Waals surface area contributed by atoms with Crippen LogP contribution >= 0.6 is 23.1 Å². The summed E-state index contributed by atoms with van der Waals surface area (Å²) < 4.78 is 0.826. The first-order valence-corrected chi connectivity index (χ1v) is 8.66. The van der Waals surface area contributed by atoms with Crippen molar-refractivity contribution in [2.24, 2.45) is 0 Å². The van der Waals surface area contributed by atoms with Crippen molar-refractivity contribution in [2.75, 3.05) is 24.2 Å². The minimum absolute atomic E-state index is 0.216. The second-order valence-electron chi connectivity index (χ2n) is 4.56. The van der Waals surface area contributed by atoms with Gasteiger partial charge in [0.05, 0.1) is 11.1 Å². The molecule has 22 heavy (non-hydrogen) atoms. The molecule has 1 aliphatic rings. The molecular weight excluding hydrogens is 320 g/mol. The highest BCUT2D eigenvalue weighted by Gasteiger charge is 2.34. The lowest BCUT2D eigenvalue weighted by atomic mass is 10.1. The summed E-state index contributed by atoms with van der Waals surface area (Å²) in [5, 5.41) is 11.9. The SMILES string of the molecule is CCNc1nnc(SCCN2C(=O)c3ccccc3C2=O)s1. The molecule has 6 nitrogen and oxygen atoms in total. The smallest absolute Gasteiger partial charge is 0.261 e. The van der Waals surface area contributed by atoms with Gasteiger partial charge in [-0.05, 0) is 19.1 Å². The fourth-order valence-electron chi connectivity index (χ4n) is 2.16. The number of thioether (sulfide) groups is 1. The van der Waals surface area contributed by atoms with Crippen LogP contribution in [-0.2, 0) is 0 Å². The van der Waals surface area contributed by atoms with Crippen LogP contribution in [0.3, 0.4) is 0 Å². The van der Waals surface area contributed by atoms with E-state index in [-0.39, 0.29) is 11.8 Å². The number of aromatic nitrogens is 2. The third-order valence-corrected chi connectivity index (χ3v) is 5.15. The molecule has 0 radical (unpaired) electrons. The lowest BCUT2D eigenvalue weighted by Gasteiger charge is -2.12. The molecule has 0 spiro atoms. The van der Waals surface area contributed by atoms with Crippen molar-refractivity contribution < 1.29 is 9.59 Å². The largest absolute Gasteiger partial charge is 0.360 e. The second kappa shape index (κ2) is 6.45. The van der Waals surface area contributed by atoms with E-state index in [9.17, 15) is 9.59 Å². The molecule has 1 aromatic heterocycles. The summed E-state index contributed by atoms with van der Waals surface area (Å²) in [4.78, 5) is 25.7. The van der Waals surface area contributed by atoms with Gasteiger partial charge < -0.3 is 5.32 Å². The first-order chi connectivity index (χ1) is 10.7. The number of fused-ring (bicyclic) bond motifs is 1. The van der Waals surface area contributed by atoms with Gasteiger partial charge in [-0.2, -0.15) is 0 Å². The van der Waals surface area contributed by atoms with Crippen LogP contribution in [0.15, 0.2) is 28.6 Å². The van der Waals surface area contributed by atoms with E-state index in [4.69, 9.17) is 0 Å². The van der Waals surface area contributed by atoms with Gasteiger partial charge >= 0.3 is 0 Å². The number of amides is 2. The Hall–Kier alpha value is -1.93. The summed E-state index contributed by atoms with van der Waals surface area (Å²) in [6.07, 6.45) is 0. The fraction of sp³-hybridized carbons (Fsp3) is 0.286. The predicted molar refractivity (Wildman–Crippen MR) is 86.6 cm³/mol. The van der Waals surface area contributed by atoms with Crippen molar-refractivity contribution in [3.05, 3.63) is 35.4 Å². The third kappa shape index (κ3) is 2.84. The zero-order chi connectivity index (χ0) is 15.5. The highest BCUT2D eigenvalue weighted by Crippen LogP contribution is 2.27.